The second-order valence-electron chi connectivity index (χ2n) is 3.03. The van der Waals surface area contributed by atoms with Gasteiger partial charge >= 0.3 is 15.6 Å². The van der Waals surface area contributed by atoms with Crippen LogP contribution < -0.4 is 0 Å². The molecule has 0 rings (SSSR count). The van der Waals surface area contributed by atoms with E-state index in [1.807, 2.05) is 28.2 Å². The van der Waals surface area contributed by atoms with Crippen LogP contribution in [0.5, 0.6) is 0 Å². The van der Waals surface area contributed by atoms with Crippen molar-refractivity contribution in [3.05, 3.63) is 0 Å². The SMILES string of the molecule is CN(C)C(=N)N(C)C.O=S(=O)(O)C(F)(F)F. The molecule has 0 saturated heterocycles. The largest absolute Gasteiger partial charge is 0.522 e. The molecule has 16 heavy (non-hydrogen) atoms. The Morgan fingerprint density at radius 2 is 1.31 bits per heavy atom. The van der Waals surface area contributed by atoms with Crippen LogP contribution in [-0.4, -0.2) is 62.4 Å². The maximum absolute atomic E-state index is 10.7. The third-order valence-electron chi connectivity index (χ3n) is 1.14. The van der Waals surface area contributed by atoms with E-state index in [0.717, 1.165) is 0 Å². The minimum Gasteiger partial charge on any atom is -0.349 e. The van der Waals surface area contributed by atoms with E-state index in [1.165, 1.54) is 0 Å². The van der Waals surface area contributed by atoms with Crippen molar-refractivity contribution in [2.75, 3.05) is 28.2 Å². The molecule has 0 amide bonds. The summed E-state index contributed by atoms with van der Waals surface area (Å²) in [5, 5.41) is 7.25. The van der Waals surface area contributed by atoms with E-state index in [4.69, 9.17) is 18.4 Å². The van der Waals surface area contributed by atoms with E-state index in [2.05, 4.69) is 0 Å². The van der Waals surface area contributed by atoms with Gasteiger partial charge in [0.25, 0.3) is 0 Å². The summed E-state index contributed by atoms with van der Waals surface area (Å²) in [7, 11) is 1.56. The third-order valence-corrected chi connectivity index (χ3v) is 1.72. The Kier molecular flexibility index (Phi) is 6.40. The second kappa shape index (κ2) is 5.89. The van der Waals surface area contributed by atoms with Crippen LogP contribution in [0.4, 0.5) is 13.2 Å². The van der Waals surface area contributed by atoms with Crippen molar-refractivity contribution in [2.24, 2.45) is 0 Å². The third kappa shape index (κ3) is 7.29. The molecule has 0 fully saturated rings. The molecule has 6 nitrogen and oxygen atoms in total. The fourth-order valence-corrected chi connectivity index (χ4v) is 0.400. The predicted molar refractivity (Wildman–Crippen MR) is 52.7 cm³/mol. The van der Waals surface area contributed by atoms with Gasteiger partial charge < -0.3 is 9.80 Å². The van der Waals surface area contributed by atoms with Crippen LogP contribution in [0.1, 0.15) is 0 Å². The summed E-state index contributed by atoms with van der Waals surface area (Å²) in [6.07, 6.45) is 0. The average Bonchev–Trinajstić information content (AvgIpc) is 1.99. The number of guanidine groups is 1. The fraction of sp³-hybridized carbons (Fsp3) is 0.833. The molecule has 0 aliphatic heterocycles. The van der Waals surface area contributed by atoms with Gasteiger partial charge in [0, 0.05) is 28.2 Å². The van der Waals surface area contributed by atoms with Crippen molar-refractivity contribution in [1.82, 2.24) is 9.80 Å². The zero-order valence-corrected chi connectivity index (χ0v) is 10.0. The molecule has 2 N–H and O–H groups in total. The van der Waals surface area contributed by atoms with Crippen LogP contribution in [0.15, 0.2) is 0 Å². The monoisotopic (exact) mass is 265 g/mol. The number of hydrogen-bond acceptors (Lipinski definition) is 3. The molecule has 0 aliphatic carbocycles. The fourth-order valence-electron chi connectivity index (χ4n) is 0.400. The first-order valence-corrected chi connectivity index (χ1v) is 5.21. The van der Waals surface area contributed by atoms with Gasteiger partial charge in [0.2, 0.25) is 0 Å². The lowest BCUT2D eigenvalue weighted by Crippen LogP contribution is -2.34. The van der Waals surface area contributed by atoms with E-state index in [1.54, 1.807) is 9.80 Å². The molecule has 0 saturated carbocycles. The van der Waals surface area contributed by atoms with Gasteiger partial charge in [0.15, 0.2) is 5.96 Å². The highest BCUT2D eigenvalue weighted by molar-refractivity contribution is 7.86. The molecule has 0 aromatic rings. The van der Waals surface area contributed by atoms with Gasteiger partial charge in [-0.25, -0.2) is 0 Å². The maximum atomic E-state index is 10.7. The number of alkyl halides is 3. The van der Waals surface area contributed by atoms with Gasteiger partial charge in [-0.3, -0.25) is 9.96 Å². The van der Waals surface area contributed by atoms with Crippen LogP contribution in [0.3, 0.4) is 0 Å². The lowest BCUT2D eigenvalue weighted by atomic mass is 10.7. The smallest absolute Gasteiger partial charge is 0.349 e. The first kappa shape index (κ1) is 17.4. The predicted octanol–water partition coefficient (Wildman–Crippen LogP) is 0.438. The van der Waals surface area contributed by atoms with Gasteiger partial charge in [0.05, 0.1) is 0 Å². The van der Waals surface area contributed by atoms with E-state index >= 15 is 0 Å². The highest BCUT2D eigenvalue weighted by Crippen LogP contribution is 2.20. The Hall–Kier alpha value is -1.03. The van der Waals surface area contributed by atoms with Gasteiger partial charge in [0.1, 0.15) is 0 Å². The summed E-state index contributed by atoms with van der Waals surface area (Å²) in [6.45, 7) is 0. The number of halogens is 3. The molecule has 0 aromatic carbocycles. The average molecular weight is 265 g/mol. The van der Waals surface area contributed by atoms with Crippen LogP contribution >= 0.6 is 0 Å². The summed E-state index contributed by atoms with van der Waals surface area (Å²) < 4.78 is 57.5. The molecule has 0 aliphatic rings. The molecule has 10 heteroatoms. The van der Waals surface area contributed by atoms with Crippen molar-refractivity contribution in [3.8, 4) is 0 Å². The van der Waals surface area contributed by atoms with Crippen molar-refractivity contribution in [1.29, 1.82) is 5.41 Å². The normalized spacial score (nSPS) is 11.2. The van der Waals surface area contributed by atoms with Gasteiger partial charge in [-0.1, -0.05) is 0 Å². The van der Waals surface area contributed by atoms with Crippen molar-refractivity contribution in [3.63, 3.8) is 0 Å². The lowest BCUT2D eigenvalue weighted by Gasteiger charge is -2.19. The summed E-state index contributed by atoms with van der Waals surface area (Å²) >= 11 is 0. The molecule has 98 valence electrons. The highest BCUT2D eigenvalue weighted by atomic mass is 32.2. The first-order valence-electron chi connectivity index (χ1n) is 3.77. The minimum atomic E-state index is -5.84. The second-order valence-corrected chi connectivity index (χ2v) is 4.45. The van der Waals surface area contributed by atoms with Crippen LogP contribution in [0.2, 0.25) is 0 Å². The Morgan fingerprint density at radius 3 is 1.31 bits per heavy atom. The van der Waals surface area contributed by atoms with Gasteiger partial charge in [-0.2, -0.15) is 21.6 Å². The van der Waals surface area contributed by atoms with Crippen molar-refractivity contribution < 1.29 is 26.1 Å². The molecular formula is C6H14F3N3O3S. The molecule has 0 atom stereocenters. The zero-order valence-electron chi connectivity index (χ0n) is 9.20. The summed E-state index contributed by atoms with van der Waals surface area (Å²) in [6, 6.07) is 0. The Bertz CT molecular complexity index is 314. The molecule has 0 unspecified atom stereocenters. The summed E-state index contributed by atoms with van der Waals surface area (Å²) in [5.74, 6) is 0.519. The van der Waals surface area contributed by atoms with E-state index in [9.17, 15) is 13.2 Å². The van der Waals surface area contributed by atoms with E-state index in [0.29, 0.717) is 5.96 Å². The van der Waals surface area contributed by atoms with Gasteiger partial charge in [-0.15, -0.1) is 0 Å². The summed E-state index contributed by atoms with van der Waals surface area (Å²) in [5.41, 5.74) is -5.53. The highest BCUT2D eigenvalue weighted by Gasteiger charge is 2.44. The number of hydrogen-bond donors (Lipinski definition) is 2. The molecular weight excluding hydrogens is 251 g/mol. The lowest BCUT2D eigenvalue weighted by molar-refractivity contribution is -0.0510. The standard InChI is InChI=1S/C5H13N3.CHF3O3S/c1-7(2)5(6)8(3)4;2-1(3,4)8(5,6)7/h6H,1-4H3;(H,5,6,7). The first-order chi connectivity index (χ1) is 6.80. The number of nitrogens with zero attached hydrogens (tertiary/aromatic N) is 2. The van der Waals surface area contributed by atoms with E-state index < -0.39 is 15.6 Å². The molecule has 0 aromatic heterocycles. The van der Waals surface area contributed by atoms with Crippen LogP contribution in [0, 0.1) is 5.41 Å². The summed E-state index contributed by atoms with van der Waals surface area (Å²) in [4.78, 5) is 3.50. The molecule has 0 heterocycles. The van der Waals surface area contributed by atoms with E-state index in [-0.39, 0.29) is 0 Å². The van der Waals surface area contributed by atoms with Crippen LogP contribution in [0.25, 0.3) is 0 Å². The number of rotatable bonds is 0. The Balaban J connectivity index is 0. The zero-order chi connectivity index (χ0) is 13.7. The quantitative estimate of drug-likeness (QED) is 0.287. The van der Waals surface area contributed by atoms with Gasteiger partial charge in [-0.05, 0) is 0 Å². The van der Waals surface area contributed by atoms with Crippen molar-refractivity contribution in [2.45, 2.75) is 5.51 Å². The Labute approximate surface area is 91.9 Å². The molecule has 0 bridgehead atoms. The number of nitrogens with one attached hydrogen (secondary N) is 1. The Morgan fingerprint density at radius 1 is 1.12 bits per heavy atom. The van der Waals surface area contributed by atoms with Crippen molar-refractivity contribution >= 4 is 16.1 Å². The molecule has 0 radical (unpaired) electrons. The molecule has 0 spiro atoms. The maximum Gasteiger partial charge on any atom is 0.522 e. The minimum absolute atomic E-state index is 0.519. The van der Waals surface area contributed by atoms with Crippen LogP contribution in [-0.2, 0) is 10.1 Å². The topological polar surface area (TPSA) is 84.7 Å².